The summed E-state index contributed by atoms with van der Waals surface area (Å²) in [5, 5.41) is 7.16. The van der Waals surface area contributed by atoms with Crippen LogP contribution in [-0.2, 0) is 0 Å². The molecule has 2 atom stereocenters. The summed E-state index contributed by atoms with van der Waals surface area (Å²) in [5.74, 6) is 3.22. The molecule has 0 fully saturated rings. The van der Waals surface area contributed by atoms with Crippen molar-refractivity contribution in [3.05, 3.63) is 83.4 Å². The van der Waals surface area contributed by atoms with Crippen LogP contribution in [0.15, 0.2) is 71.8 Å². The molecule has 0 bridgehead atoms. The Morgan fingerprint density at radius 3 is 2.56 bits per heavy atom. The molecule has 2 heterocycles. The molecule has 2 aliphatic rings. The molecule has 6 nitrogen and oxygen atoms in total. The second-order valence-electron chi connectivity index (χ2n) is 9.08. The van der Waals surface area contributed by atoms with Crippen LogP contribution in [0.2, 0.25) is 0 Å². The molecule has 0 saturated carbocycles. The number of nitrogens with zero attached hydrogens (tertiary/aromatic N) is 2. The quantitative estimate of drug-likeness (QED) is 0.292. The van der Waals surface area contributed by atoms with Crippen LogP contribution in [0.25, 0.3) is 0 Å². The molecule has 36 heavy (non-hydrogen) atoms. The Hall–Kier alpha value is -3.67. The Balaban J connectivity index is 1.45. The molecule has 0 aromatic heterocycles. The van der Waals surface area contributed by atoms with Crippen molar-refractivity contribution in [2.45, 2.75) is 51.8 Å². The zero-order valence-electron chi connectivity index (χ0n) is 21.3. The van der Waals surface area contributed by atoms with E-state index in [1.54, 1.807) is 7.11 Å². The largest absolute Gasteiger partial charge is 0.494 e. The molecule has 0 spiro atoms. The number of methoxy groups -OCH3 is 1. The Bertz CT molecular complexity index is 1210. The Morgan fingerprint density at radius 1 is 0.944 bits per heavy atom. The number of benzene rings is 3. The summed E-state index contributed by atoms with van der Waals surface area (Å²) in [6, 6.07) is 22.6. The minimum atomic E-state index is -0.367. The zero-order valence-corrected chi connectivity index (χ0v) is 21.3. The Morgan fingerprint density at radius 2 is 1.78 bits per heavy atom. The van der Waals surface area contributed by atoms with Gasteiger partial charge in [0.15, 0.2) is 11.5 Å². The third-order valence-corrected chi connectivity index (χ3v) is 6.68. The van der Waals surface area contributed by atoms with Gasteiger partial charge in [-0.05, 0) is 67.4 Å². The lowest BCUT2D eigenvalue weighted by Gasteiger charge is -2.38. The number of ether oxygens (including phenoxy) is 4. The molecule has 6 heteroatoms. The van der Waals surface area contributed by atoms with Crippen molar-refractivity contribution in [3.63, 3.8) is 0 Å². The number of unbranched alkanes of at least 4 members (excludes halogenated alkanes) is 2. The van der Waals surface area contributed by atoms with Crippen LogP contribution in [0.1, 0.15) is 68.5 Å². The van der Waals surface area contributed by atoms with E-state index in [1.165, 1.54) is 0 Å². The zero-order chi connectivity index (χ0) is 24.9. The van der Waals surface area contributed by atoms with E-state index >= 15 is 0 Å². The van der Waals surface area contributed by atoms with E-state index in [4.69, 9.17) is 24.0 Å². The minimum absolute atomic E-state index is 0.0949. The van der Waals surface area contributed by atoms with E-state index in [1.807, 2.05) is 43.3 Å². The van der Waals surface area contributed by atoms with Gasteiger partial charge in [0, 0.05) is 17.5 Å². The maximum Gasteiger partial charge on any atom is 0.214 e. The molecular formula is C30H34N2O4. The van der Waals surface area contributed by atoms with E-state index in [-0.39, 0.29) is 12.3 Å². The molecule has 2 aliphatic heterocycles. The molecule has 3 aromatic carbocycles. The first-order valence-corrected chi connectivity index (χ1v) is 12.9. The van der Waals surface area contributed by atoms with Crippen LogP contribution < -0.4 is 18.9 Å². The maximum absolute atomic E-state index is 6.52. The van der Waals surface area contributed by atoms with E-state index < -0.39 is 0 Å². The number of hydrazone groups is 1. The molecule has 188 valence electrons. The fourth-order valence-corrected chi connectivity index (χ4v) is 4.83. The smallest absolute Gasteiger partial charge is 0.214 e. The molecule has 5 rings (SSSR count). The number of para-hydroxylation sites is 1. The predicted molar refractivity (Wildman–Crippen MR) is 141 cm³/mol. The van der Waals surface area contributed by atoms with Gasteiger partial charge in [0.05, 0.1) is 32.1 Å². The van der Waals surface area contributed by atoms with Gasteiger partial charge in [0.1, 0.15) is 11.5 Å². The molecule has 0 unspecified atom stereocenters. The summed E-state index contributed by atoms with van der Waals surface area (Å²) in [6.07, 6.45) is 3.79. The first-order chi connectivity index (χ1) is 17.7. The second kappa shape index (κ2) is 10.9. The molecule has 0 N–H and O–H groups in total. The highest BCUT2D eigenvalue weighted by Gasteiger charge is 2.41. The highest BCUT2D eigenvalue weighted by molar-refractivity contribution is 6.02. The van der Waals surface area contributed by atoms with Crippen LogP contribution in [0.5, 0.6) is 23.0 Å². The highest BCUT2D eigenvalue weighted by atomic mass is 16.5. The van der Waals surface area contributed by atoms with Gasteiger partial charge in [0.25, 0.3) is 0 Å². The van der Waals surface area contributed by atoms with Crippen molar-refractivity contribution in [1.82, 2.24) is 5.01 Å². The first-order valence-electron chi connectivity index (χ1n) is 12.9. The SMILES string of the molecule is CCCCCOc1ccc([C@H]2Oc3ccccc3[C@@H]3CC(c4ccc(OCC)cc4)=NN23)cc1OC. The summed E-state index contributed by atoms with van der Waals surface area (Å²) in [7, 11) is 1.68. The van der Waals surface area contributed by atoms with Gasteiger partial charge >= 0.3 is 0 Å². The third kappa shape index (κ3) is 4.85. The third-order valence-electron chi connectivity index (χ3n) is 6.68. The van der Waals surface area contributed by atoms with Crippen molar-refractivity contribution < 1.29 is 18.9 Å². The fourth-order valence-electron chi connectivity index (χ4n) is 4.83. The summed E-state index contributed by atoms with van der Waals surface area (Å²) in [4.78, 5) is 0. The molecule has 0 radical (unpaired) electrons. The maximum atomic E-state index is 6.52. The topological polar surface area (TPSA) is 52.5 Å². The van der Waals surface area contributed by atoms with Crippen molar-refractivity contribution in [3.8, 4) is 23.0 Å². The Kier molecular flexibility index (Phi) is 7.31. The van der Waals surface area contributed by atoms with Crippen molar-refractivity contribution in [1.29, 1.82) is 0 Å². The average molecular weight is 487 g/mol. The second-order valence-corrected chi connectivity index (χ2v) is 9.08. The monoisotopic (exact) mass is 486 g/mol. The number of hydrogen-bond acceptors (Lipinski definition) is 6. The lowest BCUT2D eigenvalue weighted by molar-refractivity contribution is -0.0191. The van der Waals surface area contributed by atoms with Crippen LogP contribution in [0.3, 0.4) is 0 Å². The molecular weight excluding hydrogens is 452 g/mol. The van der Waals surface area contributed by atoms with Crippen LogP contribution in [0, 0.1) is 0 Å². The van der Waals surface area contributed by atoms with Gasteiger partial charge in [-0.25, -0.2) is 5.01 Å². The van der Waals surface area contributed by atoms with Gasteiger partial charge in [-0.3, -0.25) is 0 Å². The van der Waals surface area contributed by atoms with Crippen LogP contribution >= 0.6 is 0 Å². The molecule has 3 aromatic rings. The summed E-state index contributed by atoms with van der Waals surface area (Å²) >= 11 is 0. The number of hydrogen-bond donors (Lipinski definition) is 0. The molecule has 0 aliphatic carbocycles. The van der Waals surface area contributed by atoms with E-state index in [0.717, 1.165) is 65.3 Å². The Labute approximate surface area is 213 Å². The van der Waals surface area contributed by atoms with Crippen molar-refractivity contribution in [2.75, 3.05) is 20.3 Å². The summed E-state index contributed by atoms with van der Waals surface area (Å²) in [6.45, 7) is 5.51. The van der Waals surface area contributed by atoms with E-state index in [9.17, 15) is 0 Å². The van der Waals surface area contributed by atoms with Gasteiger partial charge in [-0.1, -0.05) is 38.0 Å². The van der Waals surface area contributed by atoms with Crippen LogP contribution in [-0.4, -0.2) is 31.0 Å². The number of fused-ring (bicyclic) bond motifs is 3. The fraction of sp³-hybridized carbons (Fsp3) is 0.367. The van der Waals surface area contributed by atoms with Crippen LogP contribution in [0.4, 0.5) is 0 Å². The van der Waals surface area contributed by atoms with E-state index in [2.05, 4.69) is 42.3 Å². The standard InChI is InChI=1S/C30H34N2O4/c1-4-6-9-18-35-28-17-14-22(19-29(28)33-3)30-32-26(24-10-7-8-11-27(24)36-30)20-25(31-32)21-12-15-23(16-13-21)34-5-2/h7-8,10-17,19,26,30H,4-6,9,18,20H2,1-3H3/t26-,30+/m0/s1. The van der Waals surface area contributed by atoms with Gasteiger partial charge in [-0.2, -0.15) is 5.10 Å². The minimum Gasteiger partial charge on any atom is -0.494 e. The summed E-state index contributed by atoms with van der Waals surface area (Å²) < 4.78 is 23.8. The van der Waals surface area contributed by atoms with Gasteiger partial charge in [0.2, 0.25) is 6.23 Å². The first kappa shape index (κ1) is 24.0. The average Bonchev–Trinajstić information content (AvgIpc) is 3.37. The highest BCUT2D eigenvalue weighted by Crippen LogP contribution is 2.48. The lowest BCUT2D eigenvalue weighted by Crippen LogP contribution is -2.33. The van der Waals surface area contributed by atoms with Gasteiger partial charge < -0.3 is 18.9 Å². The van der Waals surface area contributed by atoms with Crippen molar-refractivity contribution >= 4 is 5.71 Å². The van der Waals surface area contributed by atoms with E-state index in [0.29, 0.717) is 19.0 Å². The lowest BCUT2D eigenvalue weighted by atomic mass is 9.96. The van der Waals surface area contributed by atoms with Gasteiger partial charge in [-0.15, -0.1) is 0 Å². The molecule has 0 amide bonds. The predicted octanol–water partition coefficient (Wildman–Crippen LogP) is 6.91. The van der Waals surface area contributed by atoms with Crippen molar-refractivity contribution in [2.24, 2.45) is 5.10 Å². The number of rotatable bonds is 10. The normalized spacial score (nSPS) is 18.1. The molecule has 0 saturated heterocycles. The summed E-state index contributed by atoms with van der Waals surface area (Å²) in [5.41, 5.74) is 4.26.